The lowest BCUT2D eigenvalue weighted by Crippen LogP contribution is -2.53. The van der Waals surface area contributed by atoms with Crippen molar-refractivity contribution < 1.29 is 29.3 Å². The molecule has 0 aromatic heterocycles. The molecule has 0 bridgehead atoms. The van der Waals surface area contributed by atoms with Gasteiger partial charge in [0.15, 0.2) is 0 Å². The Labute approximate surface area is 204 Å². The van der Waals surface area contributed by atoms with Crippen LogP contribution >= 0.6 is 0 Å². The molecule has 35 heavy (non-hydrogen) atoms. The van der Waals surface area contributed by atoms with E-state index in [0.717, 1.165) is 22.3 Å². The normalized spacial score (nSPS) is 19.7. The topological polar surface area (TPSA) is 116 Å². The second-order valence-corrected chi connectivity index (χ2v) is 9.30. The molecule has 2 aliphatic rings. The average Bonchev–Trinajstić information content (AvgIpc) is 3.42. The SMILES string of the molecule is CCCC1(C(=O)O)CCCN1C(=O)CC(O)CNC(=O)OCC1c2ccccc2-c2ccccc21. The summed E-state index contributed by atoms with van der Waals surface area (Å²) in [7, 11) is 0. The molecule has 0 radical (unpaired) electrons. The van der Waals surface area contributed by atoms with E-state index in [1.807, 2.05) is 43.3 Å². The molecule has 2 atom stereocenters. The van der Waals surface area contributed by atoms with E-state index >= 15 is 0 Å². The fraction of sp³-hybridized carbons (Fsp3) is 0.444. The number of alkyl carbamates (subject to hydrolysis) is 1. The first-order valence-corrected chi connectivity index (χ1v) is 12.2. The number of nitrogens with one attached hydrogen (secondary N) is 1. The molecule has 4 rings (SSSR count). The van der Waals surface area contributed by atoms with Crippen LogP contribution in [0.25, 0.3) is 11.1 Å². The zero-order valence-electron chi connectivity index (χ0n) is 19.9. The van der Waals surface area contributed by atoms with Crippen molar-refractivity contribution in [2.24, 2.45) is 0 Å². The van der Waals surface area contributed by atoms with Gasteiger partial charge in [-0.05, 0) is 41.5 Å². The van der Waals surface area contributed by atoms with Crippen molar-refractivity contribution in [3.63, 3.8) is 0 Å². The highest BCUT2D eigenvalue weighted by Crippen LogP contribution is 2.44. The number of carboxylic acid groups (broad SMARTS) is 1. The molecule has 1 aliphatic heterocycles. The quantitative estimate of drug-likeness (QED) is 0.506. The fourth-order valence-corrected chi connectivity index (χ4v) is 5.48. The summed E-state index contributed by atoms with van der Waals surface area (Å²) in [6.07, 6.45) is -0.0311. The third-order valence-electron chi connectivity index (χ3n) is 7.09. The number of fused-ring (bicyclic) bond motifs is 3. The maximum Gasteiger partial charge on any atom is 0.407 e. The number of amides is 2. The summed E-state index contributed by atoms with van der Waals surface area (Å²) >= 11 is 0. The van der Waals surface area contributed by atoms with Gasteiger partial charge in [-0.25, -0.2) is 9.59 Å². The van der Waals surface area contributed by atoms with Crippen molar-refractivity contribution in [3.8, 4) is 11.1 Å². The molecule has 2 amide bonds. The molecular weight excluding hydrogens is 448 g/mol. The van der Waals surface area contributed by atoms with E-state index in [0.29, 0.717) is 32.2 Å². The van der Waals surface area contributed by atoms with Gasteiger partial charge in [-0.15, -0.1) is 0 Å². The van der Waals surface area contributed by atoms with Crippen LogP contribution in [0.5, 0.6) is 0 Å². The van der Waals surface area contributed by atoms with Crippen LogP contribution in [0.15, 0.2) is 48.5 Å². The number of carbonyl (C=O) groups excluding carboxylic acids is 2. The fourth-order valence-electron chi connectivity index (χ4n) is 5.48. The molecule has 2 unspecified atom stereocenters. The number of aliphatic carboxylic acids is 1. The molecule has 1 heterocycles. The zero-order chi connectivity index (χ0) is 25.0. The van der Waals surface area contributed by atoms with Crippen molar-refractivity contribution >= 4 is 18.0 Å². The maximum atomic E-state index is 12.8. The number of carboxylic acids is 1. The van der Waals surface area contributed by atoms with Crippen LogP contribution in [-0.2, 0) is 14.3 Å². The molecule has 0 saturated carbocycles. The summed E-state index contributed by atoms with van der Waals surface area (Å²) in [5.74, 6) is -1.49. The number of likely N-dealkylation sites (tertiary alicyclic amines) is 1. The summed E-state index contributed by atoms with van der Waals surface area (Å²) in [6, 6.07) is 16.1. The van der Waals surface area contributed by atoms with Crippen molar-refractivity contribution in [2.45, 2.75) is 56.6 Å². The lowest BCUT2D eigenvalue weighted by molar-refractivity contribution is -0.157. The molecule has 186 valence electrons. The second kappa shape index (κ2) is 10.5. The van der Waals surface area contributed by atoms with E-state index in [2.05, 4.69) is 17.4 Å². The standard InChI is InChI=1S/C27H32N2O6/c1-2-12-27(25(32)33)13-7-14-29(27)24(31)15-18(30)16-28-26(34)35-17-23-21-10-5-3-8-19(21)20-9-4-6-11-22(20)23/h3-6,8-11,18,23,30H,2,7,12-17H2,1H3,(H,28,34)(H,32,33). The minimum absolute atomic E-state index is 0.0717. The number of nitrogens with zero attached hydrogens (tertiary/aromatic N) is 1. The summed E-state index contributed by atoms with van der Waals surface area (Å²) < 4.78 is 5.46. The van der Waals surface area contributed by atoms with Crippen LogP contribution < -0.4 is 5.32 Å². The van der Waals surface area contributed by atoms with Crippen molar-refractivity contribution in [1.82, 2.24) is 10.2 Å². The highest BCUT2D eigenvalue weighted by atomic mass is 16.5. The van der Waals surface area contributed by atoms with Crippen molar-refractivity contribution in [1.29, 1.82) is 0 Å². The lowest BCUT2D eigenvalue weighted by Gasteiger charge is -2.35. The summed E-state index contributed by atoms with van der Waals surface area (Å²) in [5, 5.41) is 22.6. The Kier molecular flexibility index (Phi) is 7.40. The van der Waals surface area contributed by atoms with Gasteiger partial charge < -0.3 is 25.2 Å². The van der Waals surface area contributed by atoms with Crippen LogP contribution in [0.4, 0.5) is 4.79 Å². The monoisotopic (exact) mass is 480 g/mol. The van der Waals surface area contributed by atoms with Gasteiger partial charge in [0.1, 0.15) is 12.1 Å². The van der Waals surface area contributed by atoms with E-state index in [9.17, 15) is 24.6 Å². The number of aliphatic hydroxyl groups excluding tert-OH is 1. The molecule has 1 saturated heterocycles. The van der Waals surface area contributed by atoms with Crippen molar-refractivity contribution in [2.75, 3.05) is 19.7 Å². The maximum absolute atomic E-state index is 12.8. The van der Waals surface area contributed by atoms with Gasteiger partial charge in [-0.3, -0.25) is 4.79 Å². The molecule has 2 aromatic rings. The van der Waals surface area contributed by atoms with Crippen LogP contribution in [0.1, 0.15) is 56.1 Å². The largest absolute Gasteiger partial charge is 0.479 e. The predicted octanol–water partition coefficient (Wildman–Crippen LogP) is 3.52. The second-order valence-electron chi connectivity index (χ2n) is 9.30. The number of carbonyl (C=O) groups is 3. The molecule has 0 spiro atoms. The average molecular weight is 481 g/mol. The van der Waals surface area contributed by atoms with E-state index in [-0.39, 0.29) is 25.5 Å². The van der Waals surface area contributed by atoms with Crippen LogP contribution in [0.2, 0.25) is 0 Å². The van der Waals surface area contributed by atoms with E-state index in [1.54, 1.807) is 0 Å². The first kappa shape index (κ1) is 24.7. The lowest BCUT2D eigenvalue weighted by atomic mass is 9.90. The number of ether oxygens (including phenoxy) is 1. The van der Waals surface area contributed by atoms with Gasteiger partial charge in [0.2, 0.25) is 5.91 Å². The number of hydrogen-bond donors (Lipinski definition) is 3. The molecule has 1 aliphatic carbocycles. The van der Waals surface area contributed by atoms with E-state index in [1.165, 1.54) is 4.90 Å². The van der Waals surface area contributed by atoms with E-state index in [4.69, 9.17) is 4.74 Å². The first-order chi connectivity index (χ1) is 16.9. The highest BCUT2D eigenvalue weighted by molar-refractivity contribution is 5.88. The molecule has 2 aromatic carbocycles. The Bertz CT molecular complexity index is 1060. The predicted molar refractivity (Wildman–Crippen MR) is 130 cm³/mol. The van der Waals surface area contributed by atoms with Gasteiger partial charge in [-0.1, -0.05) is 61.9 Å². The Morgan fingerprint density at radius 3 is 2.34 bits per heavy atom. The van der Waals surface area contributed by atoms with Crippen molar-refractivity contribution in [3.05, 3.63) is 59.7 Å². The minimum atomic E-state index is -1.20. The molecule has 8 heteroatoms. The molecule has 3 N–H and O–H groups in total. The van der Waals surface area contributed by atoms with Crippen LogP contribution in [0, 0.1) is 0 Å². The first-order valence-electron chi connectivity index (χ1n) is 12.2. The van der Waals surface area contributed by atoms with Gasteiger partial charge in [0.05, 0.1) is 12.5 Å². The molecular formula is C27H32N2O6. The number of aliphatic hydroxyl groups is 1. The van der Waals surface area contributed by atoms with E-state index < -0.39 is 29.6 Å². The highest BCUT2D eigenvalue weighted by Gasteiger charge is 2.49. The summed E-state index contributed by atoms with van der Waals surface area (Å²) in [6.45, 7) is 2.24. The minimum Gasteiger partial charge on any atom is -0.479 e. The Morgan fingerprint density at radius 2 is 1.74 bits per heavy atom. The van der Waals surface area contributed by atoms with Gasteiger partial charge >= 0.3 is 12.1 Å². The smallest absolute Gasteiger partial charge is 0.407 e. The van der Waals surface area contributed by atoms with Gasteiger partial charge in [-0.2, -0.15) is 0 Å². The Hall–Kier alpha value is -3.39. The number of benzene rings is 2. The zero-order valence-corrected chi connectivity index (χ0v) is 19.9. The summed E-state index contributed by atoms with van der Waals surface area (Å²) in [4.78, 5) is 38.4. The Morgan fingerprint density at radius 1 is 1.11 bits per heavy atom. The van der Waals surface area contributed by atoms with Gasteiger partial charge in [0.25, 0.3) is 0 Å². The Balaban J connectivity index is 1.29. The third-order valence-corrected chi connectivity index (χ3v) is 7.09. The summed E-state index contributed by atoms with van der Waals surface area (Å²) in [5.41, 5.74) is 3.27. The number of rotatable bonds is 9. The van der Waals surface area contributed by atoms with Crippen LogP contribution in [0.3, 0.4) is 0 Å². The molecule has 1 fully saturated rings. The number of hydrogen-bond acceptors (Lipinski definition) is 5. The molecule has 8 nitrogen and oxygen atoms in total. The third kappa shape index (κ3) is 4.89. The van der Waals surface area contributed by atoms with Gasteiger partial charge in [0, 0.05) is 19.0 Å². The van der Waals surface area contributed by atoms with Crippen LogP contribution in [-0.4, -0.2) is 64.4 Å².